The van der Waals surface area contributed by atoms with Crippen LogP contribution in [-0.2, 0) is 6.18 Å². The van der Waals surface area contributed by atoms with Crippen molar-refractivity contribution in [3.05, 3.63) is 31.6 Å². The van der Waals surface area contributed by atoms with E-state index in [0.717, 1.165) is 6.07 Å². The summed E-state index contributed by atoms with van der Waals surface area (Å²) in [6.07, 6.45) is -4.65. The highest BCUT2D eigenvalue weighted by Gasteiger charge is 2.35. The number of benzene rings is 1. The van der Waals surface area contributed by atoms with Gasteiger partial charge in [-0.3, -0.25) is 0 Å². The molecule has 13 heavy (non-hydrogen) atoms. The predicted octanol–water partition coefficient (Wildman–Crippen LogP) is 4.21. The fourth-order valence-electron chi connectivity index (χ4n) is 0.762. The molecule has 0 saturated heterocycles. The number of alkyl halides is 3. The number of hydrogen-bond acceptors (Lipinski definition) is 0. The largest absolute Gasteiger partial charge is 0.419 e. The molecule has 1 rings (SSSR count). The number of hydrogen-bond donors (Lipinski definition) is 0. The monoisotopic (exact) mass is 368 g/mol. The average molecular weight is 369 g/mol. The van der Waals surface area contributed by atoms with Crippen LogP contribution in [0.3, 0.4) is 0 Å². The third kappa shape index (κ3) is 2.55. The van der Waals surface area contributed by atoms with Crippen LogP contribution in [0.4, 0.5) is 17.6 Å². The predicted molar refractivity (Wildman–Crippen MR) is 51.8 cm³/mol. The molecule has 0 unspecified atom stereocenters. The SMILES string of the molecule is Fc1c(Br)cc(I)cc1C(F)(F)F. The van der Waals surface area contributed by atoms with E-state index in [1.54, 1.807) is 22.6 Å². The highest BCUT2D eigenvalue weighted by Crippen LogP contribution is 2.35. The summed E-state index contributed by atoms with van der Waals surface area (Å²) in [5.74, 6) is -1.27. The number of halogens is 6. The zero-order chi connectivity index (χ0) is 10.2. The highest BCUT2D eigenvalue weighted by atomic mass is 127. The van der Waals surface area contributed by atoms with Gasteiger partial charge in [-0.15, -0.1) is 0 Å². The van der Waals surface area contributed by atoms with Crippen molar-refractivity contribution in [3.8, 4) is 0 Å². The van der Waals surface area contributed by atoms with Crippen molar-refractivity contribution in [2.24, 2.45) is 0 Å². The first kappa shape index (κ1) is 11.2. The Balaban J connectivity index is 3.37. The van der Waals surface area contributed by atoms with Crippen LogP contribution in [0.25, 0.3) is 0 Å². The highest BCUT2D eigenvalue weighted by molar-refractivity contribution is 14.1. The van der Waals surface area contributed by atoms with Crippen molar-refractivity contribution in [1.82, 2.24) is 0 Å². The normalized spacial score (nSPS) is 11.8. The second-order valence-corrected chi connectivity index (χ2v) is 4.35. The summed E-state index contributed by atoms with van der Waals surface area (Å²) in [5, 5.41) is 0. The average Bonchev–Trinajstić information content (AvgIpc) is 1.94. The van der Waals surface area contributed by atoms with Crippen LogP contribution in [0.5, 0.6) is 0 Å². The summed E-state index contributed by atoms with van der Waals surface area (Å²) in [6, 6.07) is 2.05. The lowest BCUT2D eigenvalue weighted by atomic mass is 10.2. The minimum absolute atomic E-state index is 0.174. The molecule has 0 spiro atoms. The van der Waals surface area contributed by atoms with E-state index in [1.807, 2.05) is 0 Å². The van der Waals surface area contributed by atoms with E-state index in [2.05, 4.69) is 15.9 Å². The Kier molecular flexibility index (Phi) is 3.21. The second kappa shape index (κ2) is 3.72. The molecule has 0 amide bonds. The van der Waals surface area contributed by atoms with Gasteiger partial charge in [0, 0.05) is 3.57 Å². The van der Waals surface area contributed by atoms with Crippen molar-refractivity contribution >= 4 is 38.5 Å². The molecule has 0 aliphatic heterocycles. The van der Waals surface area contributed by atoms with E-state index >= 15 is 0 Å². The maximum absolute atomic E-state index is 12.9. The maximum Gasteiger partial charge on any atom is 0.419 e. The molecule has 0 aliphatic carbocycles. The van der Waals surface area contributed by atoms with E-state index < -0.39 is 17.6 Å². The Bertz CT molecular complexity index is 334. The standard InChI is InChI=1S/C7H2BrF4I/c8-5-2-3(13)1-4(6(5)9)7(10,11)12/h1-2H. The molecule has 0 heterocycles. The van der Waals surface area contributed by atoms with Gasteiger partial charge < -0.3 is 0 Å². The minimum atomic E-state index is -4.65. The molecule has 0 nitrogen and oxygen atoms in total. The van der Waals surface area contributed by atoms with Crippen LogP contribution in [0, 0.1) is 9.39 Å². The van der Waals surface area contributed by atoms with Crippen molar-refractivity contribution in [2.45, 2.75) is 6.18 Å². The molecule has 6 heteroatoms. The topological polar surface area (TPSA) is 0 Å². The lowest BCUT2D eigenvalue weighted by Gasteiger charge is -2.09. The molecular weight excluding hydrogens is 367 g/mol. The van der Waals surface area contributed by atoms with E-state index in [9.17, 15) is 17.6 Å². The quantitative estimate of drug-likeness (QED) is 0.365. The van der Waals surface area contributed by atoms with Crippen molar-refractivity contribution < 1.29 is 17.6 Å². The van der Waals surface area contributed by atoms with E-state index in [0.29, 0.717) is 3.57 Å². The molecule has 0 N–H and O–H groups in total. The Morgan fingerprint density at radius 3 is 2.23 bits per heavy atom. The van der Waals surface area contributed by atoms with Gasteiger partial charge in [0.1, 0.15) is 5.82 Å². The van der Waals surface area contributed by atoms with Crippen LogP contribution in [0.1, 0.15) is 5.56 Å². The molecule has 0 atom stereocenters. The Hall–Kier alpha value is 0.150. The van der Waals surface area contributed by atoms with Gasteiger partial charge >= 0.3 is 6.18 Å². The Labute approximate surface area is 93.6 Å². The minimum Gasteiger partial charge on any atom is -0.205 e. The zero-order valence-electron chi connectivity index (χ0n) is 5.92. The first-order valence-corrected chi connectivity index (χ1v) is 4.91. The lowest BCUT2D eigenvalue weighted by Crippen LogP contribution is -2.08. The smallest absolute Gasteiger partial charge is 0.205 e. The molecule has 0 saturated carbocycles. The first-order chi connectivity index (χ1) is 5.82. The van der Waals surface area contributed by atoms with Gasteiger partial charge in [0.25, 0.3) is 0 Å². The van der Waals surface area contributed by atoms with Gasteiger partial charge in [0.2, 0.25) is 0 Å². The fourth-order valence-corrected chi connectivity index (χ4v) is 2.27. The first-order valence-electron chi connectivity index (χ1n) is 3.04. The van der Waals surface area contributed by atoms with Gasteiger partial charge in [-0.1, -0.05) is 0 Å². The van der Waals surface area contributed by atoms with Gasteiger partial charge in [-0.25, -0.2) is 4.39 Å². The van der Waals surface area contributed by atoms with E-state index in [1.165, 1.54) is 6.07 Å². The zero-order valence-corrected chi connectivity index (χ0v) is 9.67. The molecule has 0 bridgehead atoms. The van der Waals surface area contributed by atoms with Gasteiger partial charge in [0.15, 0.2) is 0 Å². The summed E-state index contributed by atoms with van der Waals surface area (Å²) in [5.41, 5.74) is -1.24. The maximum atomic E-state index is 12.9. The van der Waals surface area contributed by atoms with Crippen molar-refractivity contribution in [1.29, 1.82) is 0 Å². The summed E-state index contributed by atoms with van der Waals surface area (Å²) >= 11 is 4.40. The van der Waals surface area contributed by atoms with Gasteiger partial charge in [0.05, 0.1) is 10.0 Å². The molecule has 72 valence electrons. The van der Waals surface area contributed by atoms with Crippen molar-refractivity contribution in [2.75, 3.05) is 0 Å². The molecule has 0 fully saturated rings. The lowest BCUT2D eigenvalue weighted by molar-refractivity contribution is -0.140. The molecule has 1 aromatic rings. The van der Waals surface area contributed by atoms with Crippen LogP contribution >= 0.6 is 38.5 Å². The van der Waals surface area contributed by atoms with Gasteiger partial charge in [-0.05, 0) is 50.7 Å². The second-order valence-electron chi connectivity index (χ2n) is 2.25. The van der Waals surface area contributed by atoms with Crippen LogP contribution in [0.2, 0.25) is 0 Å². The summed E-state index contributed by atoms with van der Waals surface area (Å²) in [6.45, 7) is 0. The number of rotatable bonds is 0. The summed E-state index contributed by atoms with van der Waals surface area (Å²) in [7, 11) is 0. The third-order valence-corrected chi connectivity index (χ3v) is 2.50. The summed E-state index contributed by atoms with van der Waals surface area (Å²) < 4.78 is 49.5. The fraction of sp³-hybridized carbons (Fsp3) is 0.143. The molecule has 0 aromatic heterocycles. The van der Waals surface area contributed by atoms with Crippen LogP contribution in [0.15, 0.2) is 16.6 Å². The van der Waals surface area contributed by atoms with E-state index in [-0.39, 0.29) is 4.47 Å². The molecule has 0 aliphatic rings. The summed E-state index contributed by atoms with van der Waals surface area (Å²) in [4.78, 5) is 0. The Morgan fingerprint density at radius 2 is 1.77 bits per heavy atom. The third-order valence-electron chi connectivity index (χ3n) is 1.30. The molecule has 0 radical (unpaired) electrons. The Morgan fingerprint density at radius 1 is 1.23 bits per heavy atom. The van der Waals surface area contributed by atoms with Crippen LogP contribution < -0.4 is 0 Å². The van der Waals surface area contributed by atoms with Crippen LogP contribution in [-0.4, -0.2) is 0 Å². The van der Waals surface area contributed by atoms with E-state index in [4.69, 9.17) is 0 Å². The van der Waals surface area contributed by atoms with Gasteiger partial charge in [-0.2, -0.15) is 13.2 Å². The van der Waals surface area contributed by atoms with Crippen molar-refractivity contribution in [3.63, 3.8) is 0 Å². The molecular formula is C7H2BrF4I. The molecule has 1 aromatic carbocycles.